The molecular formula is C13H14N4O2S. The van der Waals surface area contributed by atoms with E-state index < -0.39 is 4.92 Å². The molecule has 0 saturated heterocycles. The molecule has 0 atom stereocenters. The van der Waals surface area contributed by atoms with Crippen LogP contribution in [0.4, 0.5) is 11.5 Å². The van der Waals surface area contributed by atoms with Gasteiger partial charge in [-0.05, 0) is 24.8 Å². The molecule has 1 aliphatic heterocycles. The summed E-state index contributed by atoms with van der Waals surface area (Å²) in [4.78, 5) is 10.3. The number of nitro benzene ring substituents is 1. The van der Waals surface area contributed by atoms with Gasteiger partial charge in [-0.25, -0.2) is 4.68 Å². The van der Waals surface area contributed by atoms with E-state index in [1.54, 1.807) is 23.9 Å². The minimum Gasteiger partial charge on any atom is -0.369 e. The number of nitrogens with one attached hydrogen (secondary N) is 1. The summed E-state index contributed by atoms with van der Waals surface area (Å²) < 4.78 is 1.84. The number of hydrogen-bond acceptors (Lipinski definition) is 5. The minimum absolute atomic E-state index is 0.0925. The van der Waals surface area contributed by atoms with Crippen molar-refractivity contribution < 1.29 is 4.92 Å². The first kappa shape index (κ1) is 13.0. The highest BCUT2D eigenvalue weighted by Gasteiger charge is 2.22. The fourth-order valence-corrected chi connectivity index (χ4v) is 2.91. The maximum Gasteiger partial charge on any atom is 0.269 e. The fourth-order valence-electron chi connectivity index (χ4n) is 2.40. The molecule has 6 nitrogen and oxygen atoms in total. The van der Waals surface area contributed by atoms with Crippen molar-refractivity contribution in [2.24, 2.45) is 0 Å². The molecule has 2 heterocycles. The van der Waals surface area contributed by atoms with E-state index in [4.69, 9.17) is 0 Å². The van der Waals surface area contributed by atoms with Gasteiger partial charge in [0.15, 0.2) is 0 Å². The molecule has 1 aliphatic rings. The predicted octanol–water partition coefficient (Wildman–Crippen LogP) is 2.61. The number of rotatable bonds is 4. The topological polar surface area (TPSA) is 73.0 Å². The first-order valence-electron chi connectivity index (χ1n) is 6.29. The first-order valence-corrected chi connectivity index (χ1v) is 7.68. The molecule has 3 rings (SSSR count). The van der Waals surface area contributed by atoms with Crippen LogP contribution in [0.1, 0.15) is 11.3 Å². The molecule has 1 aromatic heterocycles. The zero-order chi connectivity index (χ0) is 14.1. The lowest BCUT2D eigenvalue weighted by atomic mass is 10.2. The van der Waals surface area contributed by atoms with Crippen LogP contribution in [0.3, 0.4) is 0 Å². The van der Waals surface area contributed by atoms with Gasteiger partial charge < -0.3 is 5.32 Å². The summed E-state index contributed by atoms with van der Waals surface area (Å²) in [6.07, 6.45) is 3.04. The van der Waals surface area contributed by atoms with Gasteiger partial charge in [0.2, 0.25) is 0 Å². The molecule has 0 spiro atoms. The zero-order valence-electron chi connectivity index (χ0n) is 11.0. The Morgan fingerprint density at radius 2 is 2.20 bits per heavy atom. The molecule has 7 heteroatoms. The van der Waals surface area contributed by atoms with Crippen LogP contribution in [-0.4, -0.2) is 27.5 Å². The summed E-state index contributed by atoms with van der Waals surface area (Å²) >= 11 is 1.74. The monoisotopic (exact) mass is 290 g/mol. The molecule has 0 saturated carbocycles. The Balaban J connectivity index is 2.01. The van der Waals surface area contributed by atoms with Crippen molar-refractivity contribution in [1.29, 1.82) is 0 Å². The summed E-state index contributed by atoms with van der Waals surface area (Å²) in [6, 6.07) is 6.47. The molecule has 104 valence electrons. The number of thioether (sulfide) groups is 1. The van der Waals surface area contributed by atoms with Crippen molar-refractivity contribution in [1.82, 2.24) is 9.78 Å². The maximum atomic E-state index is 10.7. The Hall–Kier alpha value is -2.02. The van der Waals surface area contributed by atoms with Crippen molar-refractivity contribution in [3.05, 3.63) is 45.6 Å². The van der Waals surface area contributed by atoms with Crippen molar-refractivity contribution in [3.8, 4) is 5.69 Å². The van der Waals surface area contributed by atoms with Crippen molar-refractivity contribution in [2.45, 2.75) is 12.2 Å². The van der Waals surface area contributed by atoms with E-state index in [1.807, 2.05) is 4.68 Å². The van der Waals surface area contributed by atoms with E-state index >= 15 is 0 Å². The normalized spacial score (nSPS) is 13.1. The number of benzene rings is 1. The number of anilines is 1. The molecule has 1 N–H and O–H groups in total. The molecule has 2 aromatic rings. The number of fused-ring (bicyclic) bond motifs is 1. The second kappa shape index (κ2) is 5.16. The van der Waals surface area contributed by atoms with Gasteiger partial charge in [-0.3, -0.25) is 10.1 Å². The number of non-ortho nitro benzene ring substituents is 1. The average Bonchev–Trinajstić information content (AvgIpc) is 3.03. The minimum atomic E-state index is -0.394. The van der Waals surface area contributed by atoms with E-state index in [0.29, 0.717) is 0 Å². The Morgan fingerprint density at radius 3 is 2.85 bits per heavy atom. The summed E-state index contributed by atoms with van der Waals surface area (Å²) in [5.74, 6) is 1.90. The van der Waals surface area contributed by atoms with Crippen LogP contribution < -0.4 is 5.32 Å². The number of nitrogens with zero attached hydrogens (tertiary/aromatic N) is 3. The van der Waals surface area contributed by atoms with Gasteiger partial charge in [-0.15, -0.1) is 0 Å². The summed E-state index contributed by atoms with van der Waals surface area (Å²) in [6.45, 7) is 0.918. The second-order valence-electron chi connectivity index (χ2n) is 4.57. The summed E-state index contributed by atoms with van der Waals surface area (Å²) in [5, 5.41) is 18.7. The lowest BCUT2D eigenvalue weighted by Gasteiger charge is -2.05. The molecule has 0 unspecified atom stereocenters. The molecule has 1 aromatic carbocycles. The molecule has 0 aliphatic carbocycles. The van der Waals surface area contributed by atoms with Crippen LogP contribution in [-0.2, 0) is 12.2 Å². The SMILES string of the molecule is CSCc1nn(-c2ccc([N+](=O)[O-])cc2)c2c1CCN2. The quantitative estimate of drug-likeness (QED) is 0.692. The van der Waals surface area contributed by atoms with Crippen molar-refractivity contribution in [3.63, 3.8) is 0 Å². The van der Waals surface area contributed by atoms with Crippen LogP contribution in [0.2, 0.25) is 0 Å². The first-order chi connectivity index (χ1) is 9.70. The molecule has 0 bridgehead atoms. The standard InChI is InChI=1S/C13H14N4O2S/c1-20-8-12-11-6-7-14-13(11)16(15-12)9-2-4-10(5-3-9)17(18)19/h2-5,14H,6-8H2,1H3. The number of aromatic nitrogens is 2. The number of nitro groups is 1. The van der Waals surface area contributed by atoms with Crippen LogP contribution >= 0.6 is 11.8 Å². The van der Waals surface area contributed by atoms with Gasteiger partial charge in [0.1, 0.15) is 5.82 Å². The lowest BCUT2D eigenvalue weighted by molar-refractivity contribution is -0.384. The van der Waals surface area contributed by atoms with Crippen molar-refractivity contribution >= 4 is 23.3 Å². The largest absolute Gasteiger partial charge is 0.369 e. The average molecular weight is 290 g/mol. The highest BCUT2D eigenvalue weighted by atomic mass is 32.2. The van der Waals surface area contributed by atoms with Gasteiger partial charge in [0.05, 0.1) is 16.3 Å². The van der Waals surface area contributed by atoms with Gasteiger partial charge >= 0.3 is 0 Å². The van der Waals surface area contributed by atoms with E-state index in [0.717, 1.165) is 35.9 Å². The van der Waals surface area contributed by atoms with E-state index in [2.05, 4.69) is 16.7 Å². The third-order valence-corrected chi connectivity index (χ3v) is 3.88. The Labute approximate surface area is 120 Å². The van der Waals surface area contributed by atoms with Gasteiger partial charge in [0, 0.05) is 30.0 Å². The third kappa shape index (κ3) is 2.14. The maximum absolute atomic E-state index is 10.7. The predicted molar refractivity (Wildman–Crippen MR) is 79.6 cm³/mol. The van der Waals surface area contributed by atoms with Crippen LogP contribution in [0, 0.1) is 10.1 Å². The Morgan fingerprint density at radius 1 is 1.45 bits per heavy atom. The van der Waals surface area contributed by atoms with E-state index in [1.165, 1.54) is 17.7 Å². The fraction of sp³-hybridized carbons (Fsp3) is 0.308. The van der Waals surface area contributed by atoms with E-state index in [9.17, 15) is 10.1 Å². The zero-order valence-corrected chi connectivity index (χ0v) is 11.8. The summed E-state index contributed by atoms with van der Waals surface area (Å²) in [5.41, 5.74) is 3.29. The molecule has 0 fully saturated rings. The highest BCUT2D eigenvalue weighted by molar-refractivity contribution is 7.97. The molecule has 0 radical (unpaired) electrons. The second-order valence-corrected chi connectivity index (χ2v) is 5.43. The number of hydrogen-bond donors (Lipinski definition) is 1. The smallest absolute Gasteiger partial charge is 0.269 e. The molecule has 0 amide bonds. The van der Waals surface area contributed by atoms with E-state index in [-0.39, 0.29) is 5.69 Å². The Kier molecular flexibility index (Phi) is 3.35. The lowest BCUT2D eigenvalue weighted by Crippen LogP contribution is -2.04. The highest BCUT2D eigenvalue weighted by Crippen LogP contribution is 2.30. The van der Waals surface area contributed by atoms with Crippen LogP contribution in [0.15, 0.2) is 24.3 Å². The van der Waals surface area contributed by atoms with Crippen LogP contribution in [0.25, 0.3) is 5.69 Å². The Bertz CT molecular complexity index is 651. The van der Waals surface area contributed by atoms with Crippen LogP contribution in [0.5, 0.6) is 0 Å². The third-order valence-electron chi connectivity index (χ3n) is 3.32. The van der Waals surface area contributed by atoms with Crippen molar-refractivity contribution in [2.75, 3.05) is 18.1 Å². The van der Waals surface area contributed by atoms with Gasteiger partial charge in [-0.1, -0.05) is 0 Å². The summed E-state index contributed by atoms with van der Waals surface area (Å²) in [7, 11) is 0. The van der Waals surface area contributed by atoms with Gasteiger partial charge in [-0.2, -0.15) is 16.9 Å². The molecule has 20 heavy (non-hydrogen) atoms. The molecular weight excluding hydrogens is 276 g/mol. The van der Waals surface area contributed by atoms with Gasteiger partial charge in [0.25, 0.3) is 5.69 Å².